The van der Waals surface area contributed by atoms with Crippen LogP contribution in [0.3, 0.4) is 0 Å². The van der Waals surface area contributed by atoms with Crippen LogP contribution in [0.1, 0.15) is 26.5 Å². The largest absolute Gasteiger partial charge is 0.307 e. The predicted molar refractivity (Wildman–Crippen MR) is 53.0 cm³/mol. The van der Waals surface area contributed by atoms with Gasteiger partial charge in [-0.1, -0.05) is 20.8 Å². The third kappa shape index (κ3) is 2.99. The van der Waals surface area contributed by atoms with Crippen LogP contribution in [-0.4, -0.2) is 9.97 Å². The van der Waals surface area contributed by atoms with Crippen molar-refractivity contribution in [3.05, 3.63) is 18.1 Å². The Kier molecular flexibility index (Phi) is 2.83. The number of rotatable bonds is 2. The molecule has 1 heterocycles. The summed E-state index contributed by atoms with van der Waals surface area (Å²) in [6.45, 7) is 6.46. The summed E-state index contributed by atoms with van der Waals surface area (Å²) in [6.07, 6.45) is 4.17. The molecule has 0 aliphatic rings. The van der Waals surface area contributed by atoms with Crippen LogP contribution in [0.2, 0.25) is 0 Å². The van der Waals surface area contributed by atoms with E-state index in [2.05, 4.69) is 36.2 Å². The fourth-order valence-corrected chi connectivity index (χ4v) is 1.12. The Morgan fingerprint density at radius 3 is 2.46 bits per heavy atom. The maximum absolute atomic E-state index is 5.32. The number of anilines is 1. The smallest absolute Gasteiger partial charge is 0.161 e. The first-order valence-electron chi connectivity index (χ1n) is 4.29. The zero-order chi connectivity index (χ0) is 9.90. The van der Waals surface area contributed by atoms with Crippen LogP contribution in [0, 0.1) is 5.41 Å². The third-order valence-electron chi connectivity index (χ3n) is 1.61. The van der Waals surface area contributed by atoms with Crippen molar-refractivity contribution in [1.82, 2.24) is 9.97 Å². The molecule has 72 valence electrons. The molecule has 0 bridgehead atoms. The summed E-state index contributed by atoms with van der Waals surface area (Å²) >= 11 is 0. The second-order valence-corrected chi connectivity index (χ2v) is 4.23. The number of nitrogens with two attached hydrogens (primary N) is 1. The first-order chi connectivity index (χ1) is 6.03. The van der Waals surface area contributed by atoms with Crippen LogP contribution in [0.25, 0.3) is 0 Å². The van der Waals surface area contributed by atoms with Crippen molar-refractivity contribution in [2.45, 2.75) is 27.2 Å². The quantitative estimate of drug-likeness (QED) is 0.532. The van der Waals surface area contributed by atoms with Gasteiger partial charge in [0.2, 0.25) is 0 Å². The summed E-state index contributed by atoms with van der Waals surface area (Å²) in [5.41, 5.74) is 3.65. The number of nitrogens with zero attached hydrogens (tertiary/aromatic N) is 2. The van der Waals surface area contributed by atoms with E-state index in [1.807, 2.05) is 0 Å². The first-order valence-corrected chi connectivity index (χ1v) is 4.29. The monoisotopic (exact) mass is 180 g/mol. The Bertz CT molecular complexity index is 277. The van der Waals surface area contributed by atoms with Gasteiger partial charge in [0.05, 0.1) is 5.69 Å². The predicted octanol–water partition coefficient (Wildman–Crippen LogP) is 1.35. The van der Waals surface area contributed by atoms with Crippen LogP contribution in [0.15, 0.2) is 12.4 Å². The second-order valence-electron chi connectivity index (χ2n) is 4.23. The molecule has 1 aromatic rings. The van der Waals surface area contributed by atoms with E-state index in [-0.39, 0.29) is 5.41 Å². The molecular weight excluding hydrogens is 164 g/mol. The zero-order valence-corrected chi connectivity index (χ0v) is 8.33. The number of hydrogen-bond acceptors (Lipinski definition) is 4. The average Bonchev–Trinajstić information content (AvgIpc) is 2.02. The molecule has 0 amide bonds. The fraction of sp³-hybridized carbons (Fsp3) is 0.556. The standard InChI is InChI=1S/C9H16N4/c1-9(2,3)6-7-8(13-10)12-5-4-11-7/h4-5H,6,10H2,1-3H3,(H,12,13). The Morgan fingerprint density at radius 1 is 1.31 bits per heavy atom. The normalized spacial score (nSPS) is 11.4. The van der Waals surface area contributed by atoms with Crippen molar-refractivity contribution < 1.29 is 0 Å². The van der Waals surface area contributed by atoms with Crippen molar-refractivity contribution in [3.63, 3.8) is 0 Å². The van der Waals surface area contributed by atoms with Crippen molar-refractivity contribution in [2.75, 3.05) is 5.43 Å². The molecule has 0 aromatic carbocycles. The summed E-state index contributed by atoms with van der Waals surface area (Å²) in [7, 11) is 0. The molecule has 4 nitrogen and oxygen atoms in total. The van der Waals surface area contributed by atoms with E-state index in [1.165, 1.54) is 0 Å². The molecule has 0 unspecified atom stereocenters. The molecule has 0 saturated heterocycles. The number of nitrogens with one attached hydrogen (secondary N) is 1. The molecule has 0 aliphatic carbocycles. The highest BCUT2D eigenvalue weighted by atomic mass is 15.3. The van der Waals surface area contributed by atoms with E-state index in [0.717, 1.165) is 12.1 Å². The summed E-state index contributed by atoms with van der Waals surface area (Å²) in [5.74, 6) is 5.98. The van der Waals surface area contributed by atoms with Gasteiger partial charge in [-0.05, 0) is 11.8 Å². The van der Waals surface area contributed by atoms with Crippen molar-refractivity contribution in [3.8, 4) is 0 Å². The van der Waals surface area contributed by atoms with Crippen molar-refractivity contribution in [1.29, 1.82) is 0 Å². The van der Waals surface area contributed by atoms with E-state index in [4.69, 9.17) is 5.84 Å². The highest BCUT2D eigenvalue weighted by Gasteiger charge is 2.15. The summed E-state index contributed by atoms with van der Waals surface area (Å²) in [6, 6.07) is 0. The van der Waals surface area contributed by atoms with Gasteiger partial charge >= 0.3 is 0 Å². The number of nitrogen functional groups attached to an aromatic ring is 1. The Balaban J connectivity index is 2.87. The van der Waals surface area contributed by atoms with E-state index in [0.29, 0.717) is 5.82 Å². The molecule has 0 spiro atoms. The van der Waals surface area contributed by atoms with Crippen LogP contribution >= 0.6 is 0 Å². The molecule has 0 fully saturated rings. The summed E-state index contributed by atoms with van der Waals surface area (Å²) < 4.78 is 0. The van der Waals surface area contributed by atoms with Gasteiger partial charge in [0.1, 0.15) is 0 Å². The SMILES string of the molecule is CC(C)(C)Cc1nccnc1NN. The lowest BCUT2D eigenvalue weighted by Crippen LogP contribution is -2.16. The molecule has 0 saturated carbocycles. The molecule has 1 aromatic heterocycles. The fourth-order valence-electron chi connectivity index (χ4n) is 1.12. The van der Waals surface area contributed by atoms with Crippen LogP contribution in [0.5, 0.6) is 0 Å². The highest BCUT2D eigenvalue weighted by molar-refractivity contribution is 5.38. The van der Waals surface area contributed by atoms with Gasteiger partial charge in [0.15, 0.2) is 5.82 Å². The van der Waals surface area contributed by atoms with E-state index in [9.17, 15) is 0 Å². The maximum Gasteiger partial charge on any atom is 0.161 e. The lowest BCUT2D eigenvalue weighted by Gasteiger charge is -2.18. The van der Waals surface area contributed by atoms with E-state index < -0.39 is 0 Å². The maximum atomic E-state index is 5.32. The topological polar surface area (TPSA) is 63.8 Å². The summed E-state index contributed by atoms with van der Waals surface area (Å²) in [4.78, 5) is 8.31. The molecule has 0 radical (unpaired) electrons. The average molecular weight is 180 g/mol. The lowest BCUT2D eigenvalue weighted by molar-refractivity contribution is 0.406. The zero-order valence-electron chi connectivity index (χ0n) is 8.33. The second kappa shape index (κ2) is 3.70. The molecular formula is C9H16N4. The van der Waals surface area contributed by atoms with Gasteiger partial charge in [-0.3, -0.25) is 4.98 Å². The van der Waals surface area contributed by atoms with Gasteiger partial charge < -0.3 is 5.43 Å². The minimum atomic E-state index is 0.196. The molecule has 3 N–H and O–H groups in total. The molecule has 1 rings (SSSR count). The first kappa shape index (κ1) is 9.92. The lowest BCUT2D eigenvalue weighted by atomic mass is 9.90. The van der Waals surface area contributed by atoms with Crippen LogP contribution < -0.4 is 11.3 Å². The number of hydrogen-bond donors (Lipinski definition) is 2. The number of aromatic nitrogens is 2. The highest BCUT2D eigenvalue weighted by Crippen LogP contribution is 2.21. The van der Waals surface area contributed by atoms with E-state index >= 15 is 0 Å². The van der Waals surface area contributed by atoms with Gasteiger partial charge in [0, 0.05) is 12.4 Å². The van der Waals surface area contributed by atoms with Crippen molar-refractivity contribution in [2.24, 2.45) is 11.3 Å². The van der Waals surface area contributed by atoms with Gasteiger partial charge in [-0.25, -0.2) is 10.8 Å². The molecule has 13 heavy (non-hydrogen) atoms. The Morgan fingerprint density at radius 2 is 1.92 bits per heavy atom. The minimum Gasteiger partial charge on any atom is -0.307 e. The van der Waals surface area contributed by atoms with Gasteiger partial charge in [-0.15, -0.1) is 0 Å². The Hall–Kier alpha value is -1.16. The third-order valence-corrected chi connectivity index (χ3v) is 1.61. The summed E-state index contributed by atoms with van der Waals surface area (Å²) in [5, 5.41) is 0. The molecule has 0 aliphatic heterocycles. The minimum absolute atomic E-state index is 0.196. The van der Waals surface area contributed by atoms with Gasteiger partial charge in [-0.2, -0.15) is 0 Å². The van der Waals surface area contributed by atoms with Crippen molar-refractivity contribution >= 4 is 5.82 Å². The Labute approximate surface area is 78.6 Å². The van der Waals surface area contributed by atoms with E-state index in [1.54, 1.807) is 12.4 Å². The molecule has 0 atom stereocenters. The molecule has 4 heteroatoms. The number of hydrazine groups is 1. The van der Waals surface area contributed by atoms with Crippen LogP contribution in [-0.2, 0) is 6.42 Å². The van der Waals surface area contributed by atoms with Crippen LogP contribution in [0.4, 0.5) is 5.82 Å². The van der Waals surface area contributed by atoms with Gasteiger partial charge in [0.25, 0.3) is 0 Å².